The molecule has 302 valence electrons. The molecule has 5 aromatic rings. The number of hydrogen-bond donors (Lipinski definition) is 2. The van der Waals surface area contributed by atoms with Crippen molar-refractivity contribution in [3.63, 3.8) is 0 Å². The second-order valence-electron chi connectivity index (χ2n) is 13.3. The Morgan fingerprint density at radius 2 is 0.707 bits per heavy atom. The first-order chi connectivity index (χ1) is 27.0. The molecular formula is C38H22Br8F6N6. The van der Waals surface area contributed by atoms with E-state index < -0.39 is 45.9 Å². The predicted molar refractivity (Wildman–Crippen MR) is 251 cm³/mol. The van der Waals surface area contributed by atoms with Crippen molar-refractivity contribution in [2.24, 2.45) is 0 Å². The predicted octanol–water partition coefficient (Wildman–Crippen LogP) is 16.1. The van der Waals surface area contributed by atoms with Crippen molar-refractivity contribution in [3.8, 4) is 22.3 Å². The number of nitrogens with zero attached hydrogens (tertiary/aromatic N) is 4. The van der Waals surface area contributed by atoms with Gasteiger partial charge in [0.05, 0.1) is 80.7 Å². The average Bonchev–Trinajstić information content (AvgIpc) is 3.80. The lowest BCUT2D eigenvalue weighted by molar-refractivity contribution is -0.137. The molecular weight excluding hydrogens is 1290 g/mol. The van der Waals surface area contributed by atoms with E-state index in [1.165, 1.54) is 0 Å². The maximum absolute atomic E-state index is 15.7. The third-order valence-electron chi connectivity index (χ3n) is 9.29. The molecule has 0 atom stereocenters. The van der Waals surface area contributed by atoms with Crippen molar-refractivity contribution < 1.29 is 26.3 Å². The molecule has 2 aliphatic heterocycles. The van der Waals surface area contributed by atoms with Gasteiger partial charge >= 0.3 is 12.4 Å². The van der Waals surface area contributed by atoms with Crippen LogP contribution in [-0.4, -0.2) is 48.1 Å². The first-order valence-corrected chi connectivity index (χ1v) is 22.8. The minimum Gasteiger partial charge on any atom is -0.378 e. The number of halogens is 14. The number of hydrogen-bond acceptors (Lipinski definition) is 4. The van der Waals surface area contributed by atoms with Gasteiger partial charge in [0.15, 0.2) is 0 Å². The van der Waals surface area contributed by atoms with Gasteiger partial charge in [-0.2, -0.15) is 26.3 Å². The Morgan fingerprint density at radius 3 is 0.983 bits per heavy atom. The highest BCUT2D eigenvalue weighted by Crippen LogP contribution is 2.54. The van der Waals surface area contributed by atoms with E-state index in [1.54, 1.807) is 48.5 Å². The second kappa shape index (κ2) is 16.1. The Balaban J connectivity index is 1.84. The maximum Gasteiger partial charge on any atom is 0.420 e. The molecule has 0 saturated heterocycles. The topological polar surface area (TPSA) is 63.8 Å². The van der Waals surface area contributed by atoms with Crippen LogP contribution in [0, 0.1) is 0 Å². The van der Waals surface area contributed by atoms with Crippen molar-refractivity contribution in [1.29, 1.82) is 0 Å². The SMILES string of the molecule is CN(C)c1ccc(-c2c3nc(c(C(F)(F)F)c4[nH]c(c(Br)c4Br)c(-c4ccc(N(C)C)cc4)c4nc(c(C(F)(F)F)c5[nH]c2c(Br)c5Br)C(Br)=C4Br)C(Br)=C3Br)cc1. The highest BCUT2D eigenvalue weighted by molar-refractivity contribution is 9.18. The molecule has 0 unspecified atom stereocenters. The van der Waals surface area contributed by atoms with Gasteiger partial charge in [-0.25, -0.2) is 9.97 Å². The Labute approximate surface area is 394 Å². The summed E-state index contributed by atoms with van der Waals surface area (Å²) in [4.78, 5) is 18.9. The summed E-state index contributed by atoms with van der Waals surface area (Å²) in [6, 6.07) is 14.0. The molecule has 0 spiro atoms. The van der Waals surface area contributed by atoms with Crippen LogP contribution >= 0.6 is 127 Å². The quantitative estimate of drug-likeness (QED) is 0.176. The van der Waals surface area contributed by atoms with Crippen molar-refractivity contribution >= 4 is 179 Å². The summed E-state index contributed by atoms with van der Waals surface area (Å²) in [6.07, 6.45) is -9.99. The number of benzene rings is 2. The lowest BCUT2D eigenvalue weighted by atomic mass is 10.0. The fourth-order valence-corrected chi connectivity index (χ4v) is 10.4. The molecule has 0 radical (unpaired) electrons. The van der Waals surface area contributed by atoms with Crippen LogP contribution in [-0.2, 0) is 12.4 Å². The summed E-state index contributed by atoms with van der Waals surface area (Å²) >= 11 is 27.6. The number of aromatic nitrogens is 4. The molecule has 0 aliphatic carbocycles. The van der Waals surface area contributed by atoms with Crippen LogP contribution in [0.5, 0.6) is 0 Å². The number of rotatable bonds is 4. The smallest absolute Gasteiger partial charge is 0.378 e. The molecule has 2 aliphatic rings. The van der Waals surface area contributed by atoms with E-state index >= 15 is 26.3 Å². The summed E-state index contributed by atoms with van der Waals surface area (Å²) in [7, 11) is 7.35. The molecule has 20 heteroatoms. The van der Waals surface area contributed by atoms with E-state index in [-0.39, 0.29) is 69.4 Å². The number of aromatic amines is 2. The first kappa shape index (κ1) is 44.1. The van der Waals surface area contributed by atoms with Crippen LogP contribution in [0.1, 0.15) is 33.9 Å². The van der Waals surface area contributed by atoms with E-state index in [1.807, 2.05) is 38.0 Å². The van der Waals surface area contributed by atoms with Gasteiger partial charge in [-0.15, -0.1) is 0 Å². The summed E-state index contributed by atoms with van der Waals surface area (Å²) in [5, 5.41) is 0. The van der Waals surface area contributed by atoms with Crippen molar-refractivity contribution in [2.75, 3.05) is 38.0 Å². The minimum atomic E-state index is -4.99. The third kappa shape index (κ3) is 7.54. The fraction of sp³-hybridized carbons (Fsp3) is 0.158. The zero-order valence-electron chi connectivity index (χ0n) is 29.7. The van der Waals surface area contributed by atoms with Crippen molar-refractivity contribution in [3.05, 3.63) is 100 Å². The van der Waals surface area contributed by atoms with Crippen LogP contribution in [0.2, 0.25) is 0 Å². The molecule has 7 rings (SSSR count). The minimum absolute atomic E-state index is 0.00993. The number of nitrogens with one attached hydrogen (secondary N) is 2. The van der Waals surface area contributed by atoms with E-state index in [0.29, 0.717) is 11.1 Å². The Kier molecular flexibility index (Phi) is 12.2. The molecule has 0 amide bonds. The normalized spacial score (nSPS) is 13.6. The molecule has 2 aromatic carbocycles. The molecule has 58 heavy (non-hydrogen) atoms. The van der Waals surface area contributed by atoms with Crippen LogP contribution in [0.15, 0.2) is 66.4 Å². The number of H-pyrrole nitrogens is 2. The molecule has 2 N–H and O–H groups in total. The number of alkyl halides is 6. The van der Waals surface area contributed by atoms with Gasteiger partial charge in [-0.3, -0.25) is 0 Å². The van der Waals surface area contributed by atoms with Gasteiger partial charge in [0.25, 0.3) is 0 Å². The van der Waals surface area contributed by atoms with Crippen molar-refractivity contribution in [2.45, 2.75) is 12.4 Å². The molecule has 8 bridgehead atoms. The van der Waals surface area contributed by atoms with Gasteiger partial charge in [-0.05, 0) is 163 Å². The monoisotopic (exact) mass is 1310 g/mol. The van der Waals surface area contributed by atoms with Gasteiger partial charge < -0.3 is 19.8 Å². The highest BCUT2D eigenvalue weighted by Gasteiger charge is 2.42. The van der Waals surface area contributed by atoms with Crippen LogP contribution < -0.4 is 9.80 Å². The standard InChI is InChI=1S/C38H22Br8F6N6/c1-57(2)15-9-5-13(6-10-15)17-29-21(39)25(43)33(53-29)19(37(47,48)49)35-27(45)23(41)31(55-35)18(14-7-11-16(12-8-14)58(3)4)32-24(42)28(46)36(56-32)20(38(50,51)52)34-26(44)22(40)30(17)54-34/h5-12,53,56H,1-4H3. The van der Waals surface area contributed by atoms with Gasteiger partial charge in [0, 0.05) is 50.7 Å². The zero-order chi connectivity index (χ0) is 42.5. The van der Waals surface area contributed by atoms with Crippen molar-refractivity contribution in [1.82, 2.24) is 19.9 Å². The van der Waals surface area contributed by atoms with Gasteiger partial charge in [0.1, 0.15) is 11.1 Å². The second-order valence-corrected chi connectivity index (χ2v) is 19.6. The van der Waals surface area contributed by atoms with Crippen LogP contribution in [0.3, 0.4) is 0 Å². The summed E-state index contributed by atoms with van der Waals surface area (Å²) < 4.78 is 94.5. The molecule has 0 fully saturated rings. The van der Waals surface area contributed by atoms with E-state index in [2.05, 4.69) is 147 Å². The molecule has 6 nitrogen and oxygen atoms in total. The Hall–Kier alpha value is -1.94. The summed E-state index contributed by atoms with van der Waals surface area (Å²) in [6.45, 7) is 0. The van der Waals surface area contributed by atoms with Gasteiger partial charge in [-0.1, -0.05) is 24.3 Å². The number of fused-ring (bicyclic) bond motifs is 8. The summed E-state index contributed by atoms with van der Waals surface area (Å²) in [5.74, 6) is 0. The largest absolute Gasteiger partial charge is 0.420 e. The van der Waals surface area contributed by atoms with Crippen LogP contribution in [0.25, 0.3) is 62.3 Å². The average molecular weight is 1320 g/mol. The van der Waals surface area contributed by atoms with Crippen LogP contribution in [0.4, 0.5) is 37.7 Å². The summed E-state index contributed by atoms with van der Waals surface area (Å²) in [5.41, 5.74) is -0.918. The maximum atomic E-state index is 15.7. The highest BCUT2D eigenvalue weighted by atomic mass is 79.9. The first-order valence-electron chi connectivity index (χ1n) is 16.4. The zero-order valence-corrected chi connectivity index (χ0v) is 42.4. The lowest BCUT2D eigenvalue weighted by Crippen LogP contribution is -2.09. The molecule has 3 aromatic heterocycles. The van der Waals surface area contributed by atoms with Gasteiger partial charge in [0.2, 0.25) is 0 Å². The lowest BCUT2D eigenvalue weighted by Gasteiger charge is -2.13. The van der Waals surface area contributed by atoms with E-state index in [0.717, 1.165) is 11.4 Å². The Bertz CT molecular complexity index is 2600. The fourth-order valence-electron chi connectivity index (χ4n) is 6.54. The number of anilines is 2. The van der Waals surface area contributed by atoms with E-state index in [9.17, 15) is 0 Å². The third-order valence-corrected chi connectivity index (χ3v) is 17.7. The Morgan fingerprint density at radius 1 is 0.431 bits per heavy atom. The van der Waals surface area contributed by atoms with E-state index in [4.69, 9.17) is 0 Å². The molecule has 5 heterocycles. The molecule has 0 saturated carbocycles.